The average molecular weight is 487 g/mol. The van der Waals surface area contributed by atoms with Crippen LogP contribution in [0.5, 0.6) is 5.88 Å². The lowest BCUT2D eigenvalue weighted by Crippen LogP contribution is -2.13. The fourth-order valence-electron chi connectivity index (χ4n) is 2.98. The zero-order valence-corrected chi connectivity index (χ0v) is 17.0. The number of fused-ring (bicyclic) bond motifs is 1. The zero-order chi connectivity index (χ0) is 19.0. The molecule has 0 amide bonds. The molecular weight excluding hydrogens is 473 g/mol. The molecule has 6 heteroatoms. The van der Waals surface area contributed by atoms with E-state index in [2.05, 4.69) is 22.6 Å². The number of thiazole rings is 1. The third-order valence-electron chi connectivity index (χ3n) is 4.35. The minimum atomic E-state index is -0.259. The molecule has 0 saturated carbocycles. The Kier molecular flexibility index (Phi) is 4.84. The lowest BCUT2D eigenvalue weighted by Gasteiger charge is -2.12. The molecule has 0 atom stereocenters. The van der Waals surface area contributed by atoms with E-state index in [4.69, 9.17) is 0 Å². The lowest BCUT2D eigenvalue weighted by atomic mass is 9.91. The maximum Gasteiger partial charge on any atom is 0.310 e. The second kappa shape index (κ2) is 7.28. The van der Waals surface area contributed by atoms with Crippen molar-refractivity contribution in [3.05, 3.63) is 89.4 Å². The van der Waals surface area contributed by atoms with Gasteiger partial charge in [-0.3, -0.25) is 14.2 Å². The molecule has 0 fully saturated rings. The second-order valence-electron chi connectivity index (χ2n) is 6.11. The third-order valence-corrected chi connectivity index (χ3v) is 5.99. The molecule has 0 radical (unpaired) electrons. The van der Waals surface area contributed by atoms with Gasteiger partial charge in [-0.05, 0) is 63.6 Å². The number of halogens is 1. The van der Waals surface area contributed by atoms with E-state index in [0.29, 0.717) is 10.5 Å². The summed E-state index contributed by atoms with van der Waals surface area (Å²) in [5.41, 5.74) is 3.14. The first kappa shape index (κ1) is 17.9. The van der Waals surface area contributed by atoms with Gasteiger partial charge in [0.15, 0.2) is 5.78 Å². The predicted octanol–water partition coefficient (Wildman–Crippen LogP) is 4.40. The number of hydrogen-bond donors (Lipinski definition) is 1. The molecule has 134 valence electrons. The molecule has 4 nitrogen and oxygen atoms in total. The van der Waals surface area contributed by atoms with E-state index in [9.17, 15) is 14.7 Å². The van der Waals surface area contributed by atoms with Crippen LogP contribution in [0.15, 0.2) is 59.4 Å². The Morgan fingerprint density at radius 2 is 1.78 bits per heavy atom. The van der Waals surface area contributed by atoms with Crippen LogP contribution in [-0.4, -0.2) is 15.5 Å². The maximum absolute atomic E-state index is 12.4. The Morgan fingerprint density at radius 1 is 1.04 bits per heavy atom. The van der Waals surface area contributed by atoms with Crippen LogP contribution in [0.1, 0.15) is 21.6 Å². The second-order valence-corrected chi connectivity index (χ2v) is 8.35. The Hall–Kier alpha value is -2.45. The van der Waals surface area contributed by atoms with Gasteiger partial charge in [-0.25, -0.2) is 0 Å². The third kappa shape index (κ3) is 3.54. The smallest absolute Gasteiger partial charge is 0.310 e. The van der Waals surface area contributed by atoms with Crippen molar-refractivity contribution in [2.45, 2.75) is 6.54 Å². The average Bonchev–Trinajstić information content (AvgIpc) is 2.93. The van der Waals surface area contributed by atoms with Gasteiger partial charge in [0.05, 0.1) is 11.4 Å². The van der Waals surface area contributed by atoms with Gasteiger partial charge >= 0.3 is 4.87 Å². The van der Waals surface area contributed by atoms with Crippen molar-refractivity contribution in [3.63, 3.8) is 0 Å². The van der Waals surface area contributed by atoms with Gasteiger partial charge < -0.3 is 5.11 Å². The Morgan fingerprint density at radius 3 is 2.56 bits per heavy atom. The van der Waals surface area contributed by atoms with Gasteiger partial charge in [0, 0.05) is 9.14 Å². The minimum absolute atomic E-state index is 0.115. The van der Waals surface area contributed by atoms with Crippen molar-refractivity contribution in [1.82, 2.24) is 4.57 Å². The van der Waals surface area contributed by atoms with Gasteiger partial charge in [-0.1, -0.05) is 53.8 Å². The summed E-state index contributed by atoms with van der Waals surface area (Å²) in [4.78, 5) is 24.9. The number of allylic oxidation sites excluding steroid dienone is 2. The minimum Gasteiger partial charge on any atom is -0.493 e. The summed E-state index contributed by atoms with van der Waals surface area (Å²) < 4.78 is 2.43. The Bertz CT molecular complexity index is 1150. The number of benzene rings is 2. The summed E-state index contributed by atoms with van der Waals surface area (Å²) in [5, 5.41) is 10.6. The van der Waals surface area contributed by atoms with Gasteiger partial charge in [-0.2, -0.15) is 0 Å². The van der Waals surface area contributed by atoms with E-state index in [1.807, 2.05) is 48.5 Å². The molecular formula is C21H14INO3S. The summed E-state index contributed by atoms with van der Waals surface area (Å²) >= 11 is 3.15. The normalized spacial score (nSPS) is 14.6. The Balaban J connectivity index is 1.74. The van der Waals surface area contributed by atoms with E-state index < -0.39 is 0 Å². The van der Waals surface area contributed by atoms with Crippen molar-refractivity contribution in [2.24, 2.45) is 0 Å². The summed E-state index contributed by atoms with van der Waals surface area (Å²) in [5.74, 6) is -0.256. The zero-order valence-electron chi connectivity index (χ0n) is 14.1. The molecule has 0 unspecified atom stereocenters. The van der Waals surface area contributed by atoms with Crippen molar-refractivity contribution in [3.8, 4) is 5.88 Å². The largest absolute Gasteiger partial charge is 0.493 e. The van der Waals surface area contributed by atoms with Crippen LogP contribution in [-0.2, 0) is 11.3 Å². The number of hydrogen-bond acceptors (Lipinski definition) is 4. The van der Waals surface area contributed by atoms with Gasteiger partial charge in [0.1, 0.15) is 0 Å². The van der Waals surface area contributed by atoms with Crippen LogP contribution in [0, 0.1) is 3.57 Å². The quantitative estimate of drug-likeness (QED) is 0.440. The van der Waals surface area contributed by atoms with Crippen LogP contribution >= 0.6 is 33.9 Å². The highest BCUT2D eigenvalue weighted by Crippen LogP contribution is 2.31. The first-order valence-corrected chi connectivity index (χ1v) is 10.1. The molecule has 1 heterocycles. The highest BCUT2D eigenvalue weighted by Gasteiger charge is 2.20. The summed E-state index contributed by atoms with van der Waals surface area (Å²) in [6, 6.07) is 15.3. The highest BCUT2D eigenvalue weighted by atomic mass is 127. The molecule has 1 aliphatic rings. The number of rotatable bonds is 3. The molecule has 2 aromatic carbocycles. The van der Waals surface area contributed by atoms with E-state index in [0.717, 1.165) is 31.6 Å². The van der Waals surface area contributed by atoms with Crippen LogP contribution < -0.4 is 4.87 Å². The number of aromatic hydroxyl groups is 1. The summed E-state index contributed by atoms with van der Waals surface area (Å²) in [7, 11) is 0. The summed E-state index contributed by atoms with van der Waals surface area (Å²) in [6.07, 6.45) is 4.90. The molecule has 0 saturated heterocycles. The van der Waals surface area contributed by atoms with Crippen molar-refractivity contribution < 1.29 is 9.90 Å². The molecule has 4 rings (SSSR count). The number of ketones is 1. The molecule has 27 heavy (non-hydrogen) atoms. The molecule has 1 aliphatic carbocycles. The molecule has 1 aromatic heterocycles. The van der Waals surface area contributed by atoms with E-state index in [-0.39, 0.29) is 23.1 Å². The molecule has 3 aromatic rings. The maximum atomic E-state index is 12.4. The van der Waals surface area contributed by atoms with Gasteiger partial charge in [0.25, 0.3) is 0 Å². The number of carbonyl (C=O) groups excluding carboxylic acids is 1. The van der Waals surface area contributed by atoms with Crippen molar-refractivity contribution >= 4 is 57.4 Å². The van der Waals surface area contributed by atoms with Crippen molar-refractivity contribution in [1.29, 1.82) is 0 Å². The van der Waals surface area contributed by atoms with Crippen LogP contribution in [0.25, 0.3) is 17.7 Å². The lowest BCUT2D eigenvalue weighted by molar-refractivity contribution is -0.109. The number of aromatic nitrogens is 1. The van der Waals surface area contributed by atoms with Gasteiger partial charge in [-0.15, -0.1) is 0 Å². The predicted molar refractivity (Wildman–Crippen MR) is 117 cm³/mol. The molecule has 0 bridgehead atoms. The monoisotopic (exact) mass is 487 g/mol. The first-order chi connectivity index (χ1) is 13.0. The SMILES string of the molecule is O=C1C=Cc2ccccc2/C1=C/c1sc(=O)n(Cc2ccc(I)cc2)c1O. The summed E-state index contributed by atoms with van der Waals surface area (Å²) in [6.45, 7) is 0.283. The Labute approximate surface area is 173 Å². The van der Waals surface area contributed by atoms with E-state index >= 15 is 0 Å². The van der Waals surface area contributed by atoms with Crippen LogP contribution in [0.2, 0.25) is 0 Å². The molecule has 0 spiro atoms. The fraction of sp³-hybridized carbons (Fsp3) is 0.0476. The molecule has 0 aliphatic heterocycles. The van der Waals surface area contributed by atoms with Gasteiger partial charge in [0.2, 0.25) is 5.88 Å². The van der Waals surface area contributed by atoms with E-state index in [1.54, 1.807) is 12.2 Å². The van der Waals surface area contributed by atoms with Crippen molar-refractivity contribution in [2.75, 3.05) is 0 Å². The van der Waals surface area contributed by atoms with E-state index in [1.165, 1.54) is 10.6 Å². The topological polar surface area (TPSA) is 59.3 Å². The standard InChI is InChI=1S/C21H14INO3S/c22-15-8-5-13(6-9-15)12-23-20(25)19(27-21(23)26)11-17-16-4-2-1-3-14(16)7-10-18(17)24/h1-11,25H,12H2/b17-11-. The highest BCUT2D eigenvalue weighted by molar-refractivity contribution is 14.1. The molecule has 1 N–H and O–H groups in total. The number of nitrogens with zero attached hydrogens (tertiary/aromatic N) is 1. The van der Waals surface area contributed by atoms with Crippen LogP contribution in [0.3, 0.4) is 0 Å². The van der Waals surface area contributed by atoms with Crippen LogP contribution in [0.4, 0.5) is 0 Å². The fourth-order valence-corrected chi connectivity index (χ4v) is 4.16. The first-order valence-electron chi connectivity index (χ1n) is 8.23. The number of carbonyl (C=O) groups is 1.